The molecule has 1 amide bonds. The van der Waals surface area contributed by atoms with E-state index in [1.165, 1.54) is 6.07 Å². The molecule has 92 valence electrons. The van der Waals surface area contributed by atoms with E-state index in [1.807, 2.05) is 6.92 Å². The monoisotopic (exact) mass is 236 g/mol. The van der Waals surface area contributed by atoms with E-state index in [1.54, 1.807) is 12.1 Å². The molecule has 1 aromatic carbocycles. The van der Waals surface area contributed by atoms with Crippen LogP contribution in [-0.4, -0.2) is 23.5 Å². The van der Waals surface area contributed by atoms with E-state index >= 15 is 0 Å². The Bertz CT molecular complexity index is 430. The van der Waals surface area contributed by atoms with Crippen LogP contribution in [0.15, 0.2) is 18.2 Å². The maximum Gasteiger partial charge on any atom is 0.335 e. The standard InChI is InChI=1S/C12H16N2O3/c1-2-8-7-9(14-11(15)5-6-13)3-4-10(8)12(16)17/h3-4,7H,2,5-6,13H2,1H3,(H,14,15)(H,16,17). The van der Waals surface area contributed by atoms with Gasteiger partial charge in [0.25, 0.3) is 0 Å². The number of nitrogens with one attached hydrogen (secondary N) is 1. The van der Waals surface area contributed by atoms with Crippen molar-refractivity contribution < 1.29 is 14.7 Å². The Morgan fingerprint density at radius 1 is 1.41 bits per heavy atom. The van der Waals surface area contributed by atoms with Crippen LogP contribution in [0, 0.1) is 0 Å². The fraction of sp³-hybridized carbons (Fsp3) is 0.333. The first-order valence-electron chi connectivity index (χ1n) is 5.44. The highest BCUT2D eigenvalue weighted by molar-refractivity contribution is 5.93. The first-order valence-corrected chi connectivity index (χ1v) is 5.44. The fourth-order valence-electron chi connectivity index (χ4n) is 1.53. The summed E-state index contributed by atoms with van der Waals surface area (Å²) in [6, 6.07) is 4.76. The largest absolute Gasteiger partial charge is 0.478 e. The fourth-order valence-corrected chi connectivity index (χ4v) is 1.53. The molecule has 0 saturated heterocycles. The van der Waals surface area contributed by atoms with Crippen LogP contribution in [-0.2, 0) is 11.2 Å². The highest BCUT2D eigenvalue weighted by Gasteiger charge is 2.10. The van der Waals surface area contributed by atoms with E-state index in [4.69, 9.17) is 10.8 Å². The number of aryl methyl sites for hydroxylation is 1. The number of carboxylic acids is 1. The SMILES string of the molecule is CCc1cc(NC(=O)CCN)ccc1C(=O)O. The van der Waals surface area contributed by atoms with E-state index < -0.39 is 5.97 Å². The van der Waals surface area contributed by atoms with E-state index in [0.717, 1.165) is 0 Å². The third kappa shape index (κ3) is 3.57. The summed E-state index contributed by atoms with van der Waals surface area (Å²) in [5, 5.41) is 11.6. The van der Waals surface area contributed by atoms with E-state index in [9.17, 15) is 9.59 Å². The summed E-state index contributed by atoms with van der Waals surface area (Å²) in [5.41, 5.74) is 6.83. The average molecular weight is 236 g/mol. The molecule has 0 spiro atoms. The van der Waals surface area contributed by atoms with E-state index in [2.05, 4.69) is 5.32 Å². The van der Waals surface area contributed by atoms with Crippen molar-refractivity contribution >= 4 is 17.6 Å². The van der Waals surface area contributed by atoms with Gasteiger partial charge < -0.3 is 16.2 Å². The number of anilines is 1. The number of hydrogen-bond acceptors (Lipinski definition) is 3. The quantitative estimate of drug-likeness (QED) is 0.717. The molecular weight excluding hydrogens is 220 g/mol. The number of carboxylic acid groups (broad SMARTS) is 1. The van der Waals surface area contributed by atoms with Gasteiger partial charge in [-0.3, -0.25) is 4.79 Å². The third-order valence-electron chi connectivity index (χ3n) is 2.37. The number of carbonyl (C=O) groups excluding carboxylic acids is 1. The van der Waals surface area contributed by atoms with Gasteiger partial charge in [0.05, 0.1) is 5.56 Å². The van der Waals surface area contributed by atoms with Gasteiger partial charge in [-0.1, -0.05) is 6.92 Å². The van der Waals surface area contributed by atoms with Crippen molar-refractivity contribution in [3.05, 3.63) is 29.3 Å². The second-order valence-corrected chi connectivity index (χ2v) is 3.62. The topological polar surface area (TPSA) is 92.4 Å². The van der Waals surface area contributed by atoms with Crippen molar-refractivity contribution in [1.82, 2.24) is 0 Å². The van der Waals surface area contributed by atoms with E-state index in [-0.39, 0.29) is 17.9 Å². The Hall–Kier alpha value is -1.88. The lowest BCUT2D eigenvalue weighted by molar-refractivity contribution is -0.116. The third-order valence-corrected chi connectivity index (χ3v) is 2.37. The molecule has 0 atom stereocenters. The predicted octanol–water partition coefficient (Wildman–Crippen LogP) is 1.23. The molecular formula is C12H16N2O3. The van der Waals surface area contributed by atoms with Gasteiger partial charge in [-0.15, -0.1) is 0 Å². The molecule has 0 fully saturated rings. The molecule has 5 heteroatoms. The number of rotatable bonds is 5. The van der Waals surface area contributed by atoms with Crippen LogP contribution in [0.25, 0.3) is 0 Å². The predicted molar refractivity (Wildman–Crippen MR) is 65.1 cm³/mol. The Kier molecular flexibility index (Phi) is 4.66. The van der Waals surface area contributed by atoms with Crippen LogP contribution in [0.4, 0.5) is 5.69 Å². The first kappa shape index (κ1) is 13.2. The summed E-state index contributed by atoms with van der Waals surface area (Å²) < 4.78 is 0. The summed E-state index contributed by atoms with van der Waals surface area (Å²) in [6.45, 7) is 2.16. The Labute approximate surface area is 99.6 Å². The van der Waals surface area contributed by atoms with Crippen molar-refractivity contribution in [2.24, 2.45) is 5.73 Å². The molecule has 0 bridgehead atoms. The summed E-state index contributed by atoms with van der Waals surface area (Å²) in [5.74, 6) is -1.13. The van der Waals surface area contributed by atoms with Gasteiger partial charge in [0.2, 0.25) is 5.91 Å². The maximum absolute atomic E-state index is 11.3. The number of nitrogens with two attached hydrogens (primary N) is 1. The zero-order valence-electron chi connectivity index (χ0n) is 9.69. The number of carbonyl (C=O) groups is 2. The number of amides is 1. The van der Waals surface area contributed by atoms with Crippen molar-refractivity contribution in [2.45, 2.75) is 19.8 Å². The summed E-state index contributed by atoms with van der Waals surface area (Å²) >= 11 is 0. The van der Waals surface area contributed by atoms with Crippen LogP contribution in [0.3, 0.4) is 0 Å². The second kappa shape index (κ2) is 6.00. The van der Waals surface area contributed by atoms with Gasteiger partial charge in [-0.25, -0.2) is 4.79 Å². The van der Waals surface area contributed by atoms with Crippen molar-refractivity contribution in [1.29, 1.82) is 0 Å². The molecule has 0 unspecified atom stereocenters. The van der Waals surface area contributed by atoms with Crippen LogP contribution >= 0.6 is 0 Å². The molecule has 0 aliphatic rings. The minimum atomic E-state index is -0.957. The molecule has 0 aliphatic heterocycles. The Morgan fingerprint density at radius 3 is 2.65 bits per heavy atom. The summed E-state index contributed by atoms with van der Waals surface area (Å²) in [6.07, 6.45) is 0.852. The van der Waals surface area contributed by atoms with Crippen LogP contribution in [0.5, 0.6) is 0 Å². The van der Waals surface area contributed by atoms with E-state index in [0.29, 0.717) is 24.2 Å². The lowest BCUT2D eigenvalue weighted by Gasteiger charge is -2.08. The normalized spacial score (nSPS) is 10.0. The average Bonchev–Trinajstić information content (AvgIpc) is 2.28. The smallest absolute Gasteiger partial charge is 0.335 e. The first-order chi connectivity index (χ1) is 8.08. The molecule has 5 nitrogen and oxygen atoms in total. The lowest BCUT2D eigenvalue weighted by Crippen LogP contribution is -2.16. The highest BCUT2D eigenvalue weighted by Crippen LogP contribution is 2.17. The zero-order valence-corrected chi connectivity index (χ0v) is 9.69. The molecule has 0 aliphatic carbocycles. The van der Waals surface area contributed by atoms with Crippen LogP contribution < -0.4 is 11.1 Å². The van der Waals surface area contributed by atoms with Crippen LogP contribution in [0.2, 0.25) is 0 Å². The highest BCUT2D eigenvalue weighted by atomic mass is 16.4. The number of aromatic carboxylic acids is 1. The molecule has 1 aromatic rings. The molecule has 17 heavy (non-hydrogen) atoms. The van der Waals surface area contributed by atoms with Gasteiger partial charge in [0, 0.05) is 18.7 Å². The minimum absolute atomic E-state index is 0.169. The molecule has 4 N–H and O–H groups in total. The number of hydrogen-bond donors (Lipinski definition) is 3. The van der Waals surface area contributed by atoms with Gasteiger partial charge in [0.15, 0.2) is 0 Å². The van der Waals surface area contributed by atoms with Gasteiger partial charge in [-0.2, -0.15) is 0 Å². The van der Waals surface area contributed by atoms with Crippen molar-refractivity contribution in [2.75, 3.05) is 11.9 Å². The maximum atomic E-state index is 11.3. The number of benzene rings is 1. The summed E-state index contributed by atoms with van der Waals surface area (Å²) in [4.78, 5) is 22.2. The second-order valence-electron chi connectivity index (χ2n) is 3.62. The Morgan fingerprint density at radius 2 is 2.12 bits per heavy atom. The van der Waals surface area contributed by atoms with Gasteiger partial charge in [0.1, 0.15) is 0 Å². The Balaban J connectivity index is 2.90. The van der Waals surface area contributed by atoms with Gasteiger partial charge in [-0.05, 0) is 30.2 Å². The van der Waals surface area contributed by atoms with Gasteiger partial charge >= 0.3 is 5.97 Å². The zero-order chi connectivity index (χ0) is 12.8. The molecule has 0 aromatic heterocycles. The molecule has 1 rings (SSSR count). The van der Waals surface area contributed by atoms with Crippen molar-refractivity contribution in [3.63, 3.8) is 0 Å². The van der Waals surface area contributed by atoms with Crippen molar-refractivity contribution in [3.8, 4) is 0 Å². The molecule has 0 heterocycles. The van der Waals surface area contributed by atoms with Crippen LogP contribution in [0.1, 0.15) is 29.3 Å². The minimum Gasteiger partial charge on any atom is -0.478 e. The summed E-state index contributed by atoms with van der Waals surface area (Å²) in [7, 11) is 0. The molecule has 0 radical (unpaired) electrons. The molecule has 0 saturated carbocycles. The lowest BCUT2D eigenvalue weighted by atomic mass is 10.0.